The second-order valence-corrected chi connectivity index (χ2v) is 3.34. The van der Waals surface area contributed by atoms with Crippen LogP contribution in [0.1, 0.15) is 25.5 Å². The molecule has 0 spiro atoms. The summed E-state index contributed by atoms with van der Waals surface area (Å²) in [5.41, 5.74) is 1.04. The second-order valence-electron chi connectivity index (χ2n) is 3.34. The largest absolute Gasteiger partial charge is 0.493 e. The van der Waals surface area contributed by atoms with Gasteiger partial charge in [0, 0.05) is 5.56 Å². The number of hydrogen-bond donors (Lipinski definition) is 0. The van der Waals surface area contributed by atoms with E-state index in [1.54, 1.807) is 7.11 Å². The fourth-order valence-electron chi connectivity index (χ4n) is 1.69. The minimum atomic E-state index is -0.214. The molecule has 14 heavy (non-hydrogen) atoms. The van der Waals surface area contributed by atoms with Gasteiger partial charge in [0.25, 0.3) is 0 Å². The highest BCUT2D eigenvalue weighted by atomic mass is 16.7. The van der Waals surface area contributed by atoms with Crippen molar-refractivity contribution in [2.24, 2.45) is 0 Å². The number of hydrogen-bond acceptors (Lipinski definition) is 3. The normalized spacial score (nSPS) is 25.1. The fraction of sp³-hybridized carbons (Fsp3) is 0.455. The van der Waals surface area contributed by atoms with Crippen LogP contribution in [0.5, 0.6) is 11.5 Å². The van der Waals surface area contributed by atoms with E-state index in [1.807, 2.05) is 32.0 Å². The molecule has 0 radical (unpaired) electrons. The number of benzene rings is 1. The van der Waals surface area contributed by atoms with Gasteiger partial charge in [0.2, 0.25) is 0 Å². The van der Waals surface area contributed by atoms with E-state index < -0.39 is 0 Å². The maximum absolute atomic E-state index is 5.58. The molecular formula is C11H14O3. The Labute approximate surface area is 83.6 Å². The molecule has 3 nitrogen and oxygen atoms in total. The molecule has 0 bridgehead atoms. The summed E-state index contributed by atoms with van der Waals surface area (Å²) in [6.45, 7) is 3.89. The number of fused-ring (bicyclic) bond motifs is 1. The Morgan fingerprint density at radius 1 is 1.29 bits per heavy atom. The molecule has 0 N–H and O–H groups in total. The average Bonchev–Trinajstić information content (AvgIpc) is 2.17. The molecule has 3 heteroatoms. The van der Waals surface area contributed by atoms with E-state index >= 15 is 0 Å². The van der Waals surface area contributed by atoms with Gasteiger partial charge in [-0.05, 0) is 19.9 Å². The Morgan fingerprint density at radius 3 is 2.79 bits per heavy atom. The van der Waals surface area contributed by atoms with E-state index in [0.29, 0.717) is 0 Å². The topological polar surface area (TPSA) is 27.7 Å². The number of ether oxygens (including phenoxy) is 3. The summed E-state index contributed by atoms with van der Waals surface area (Å²) < 4.78 is 16.3. The van der Waals surface area contributed by atoms with Crippen LogP contribution in [0.3, 0.4) is 0 Å². The standard InChI is InChI=1S/C11H14O3/c1-7-9-5-4-6-10(12-3)11(9)14-8(2)13-7/h4-8H,1-3H3. The Balaban J connectivity index is 2.47. The first-order valence-corrected chi connectivity index (χ1v) is 4.71. The highest BCUT2D eigenvalue weighted by Gasteiger charge is 2.25. The van der Waals surface area contributed by atoms with E-state index in [9.17, 15) is 0 Å². The monoisotopic (exact) mass is 194 g/mol. The van der Waals surface area contributed by atoms with Crippen LogP contribution < -0.4 is 9.47 Å². The van der Waals surface area contributed by atoms with Gasteiger partial charge in [-0.3, -0.25) is 0 Å². The summed E-state index contributed by atoms with van der Waals surface area (Å²) >= 11 is 0. The first kappa shape index (κ1) is 9.34. The van der Waals surface area contributed by atoms with E-state index in [4.69, 9.17) is 14.2 Å². The molecule has 1 aromatic rings. The summed E-state index contributed by atoms with van der Waals surface area (Å²) in [7, 11) is 1.64. The Kier molecular flexibility index (Phi) is 2.33. The molecule has 0 fully saturated rings. The van der Waals surface area contributed by atoms with Crippen molar-refractivity contribution in [1.29, 1.82) is 0 Å². The quantitative estimate of drug-likeness (QED) is 0.687. The summed E-state index contributed by atoms with van der Waals surface area (Å²) in [6.07, 6.45) is -0.155. The van der Waals surface area contributed by atoms with Crippen molar-refractivity contribution in [2.45, 2.75) is 26.2 Å². The zero-order chi connectivity index (χ0) is 10.1. The molecule has 2 atom stereocenters. The van der Waals surface area contributed by atoms with Crippen LogP contribution >= 0.6 is 0 Å². The Morgan fingerprint density at radius 2 is 2.07 bits per heavy atom. The zero-order valence-corrected chi connectivity index (χ0v) is 8.61. The van der Waals surface area contributed by atoms with Crippen molar-refractivity contribution in [3.63, 3.8) is 0 Å². The third kappa shape index (κ3) is 1.44. The van der Waals surface area contributed by atoms with Gasteiger partial charge in [0.05, 0.1) is 13.2 Å². The van der Waals surface area contributed by atoms with Gasteiger partial charge in [0.15, 0.2) is 17.8 Å². The average molecular weight is 194 g/mol. The third-order valence-corrected chi connectivity index (χ3v) is 2.35. The molecule has 0 saturated carbocycles. The lowest BCUT2D eigenvalue weighted by atomic mass is 10.1. The molecule has 0 amide bonds. The van der Waals surface area contributed by atoms with Gasteiger partial charge in [-0.15, -0.1) is 0 Å². The molecule has 2 rings (SSSR count). The molecule has 1 aromatic carbocycles. The van der Waals surface area contributed by atoms with E-state index in [1.165, 1.54) is 0 Å². The molecule has 0 aromatic heterocycles. The maximum Gasteiger partial charge on any atom is 0.197 e. The smallest absolute Gasteiger partial charge is 0.197 e. The first-order chi connectivity index (χ1) is 6.72. The van der Waals surface area contributed by atoms with Crippen molar-refractivity contribution >= 4 is 0 Å². The van der Waals surface area contributed by atoms with Crippen molar-refractivity contribution in [3.8, 4) is 11.5 Å². The van der Waals surface area contributed by atoms with Gasteiger partial charge in [0.1, 0.15) is 0 Å². The Hall–Kier alpha value is -1.22. The lowest BCUT2D eigenvalue weighted by Crippen LogP contribution is -2.24. The molecule has 2 unspecified atom stereocenters. The van der Waals surface area contributed by atoms with E-state index in [-0.39, 0.29) is 12.4 Å². The predicted molar refractivity (Wildman–Crippen MR) is 52.6 cm³/mol. The van der Waals surface area contributed by atoms with Gasteiger partial charge >= 0.3 is 0 Å². The lowest BCUT2D eigenvalue weighted by Gasteiger charge is -2.29. The molecular weight excluding hydrogens is 180 g/mol. The van der Waals surface area contributed by atoms with Gasteiger partial charge in [-0.1, -0.05) is 12.1 Å². The molecule has 0 aliphatic carbocycles. The minimum Gasteiger partial charge on any atom is -0.493 e. The van der Waals surface area contributed by atoms with Crippen LogP contribution in [0.2, 0.25) is 0 Å². The van der Waals surface area contributed by atoms with Crippen molar-refractivity contribution in [2.75, 3.05) is 7.11 Å². The van der Waals surface area contributed by atoms with Crippen LogP contribution in [0.25, 0.3) is 0 Å². The Bertz CT molecular complexity index is 335. The number of rotatable bonds is 1. The summed E-state index contributed by atoms with van der Waals surface area (Å²) in [6, 6.07) is 5.83. The number of para-hydroxylation sites is 1. The molecule has 1 aliphatic heterocycles. The van der Waals surface area contributed by atoms with Crippen molar-refractivity contribution < 1.29 is 14.2 Å². The van der Waals surface area contributed by atoms with Crippen molar-refractivity contribution in [3.05, 3.63) is 23.8 Å². The highest BCUT2D eigenvalue weighted by Crippen LogP contribution is 2.40. The van der Waals surface area contributed by atoms with Gasteiger partial charge in [-0.25, -0.2) is 0 Å². The third-order valence-electron chi connectivity index (χ3n) is 2.35. The van der Waals surface area contributed by atoms with Crippen LogP contribution in [0.4, 0.5) is 0 Å². The minimum absolute atomic E-state index is 0.0591. The molecule has 1 heterocycles. The summed E-state index contributed by atoms with van der Waals surface area (Å²) in [4.78, 5) is 0. The lowest BCUT2D eigenvalue weighted by molar-refractivity contribution is -0.123. The van der Waals surface area contributed by atoms with Gasteiger partial charge in [-0.2, -0.15) is 0 Å². The SMILES string of the molecule is COc1cccc2c1OC(C)OC2C. The fourth-order valence-corrected chi connectivity index (χ4v) is 1.69. The van der Waals surface area contributed by atoms with Crippen LogP contribution in [-0.4, -0.2) is 13.4 Å². The predicted octanol–water partition coefficient (Wildman–Crippen LogP) is 2.51. The van der Waals surface area contributed by atoms with Crippen LogP contribution in [-0.2, 0) is 4.74 Å². The molecule has 1 aliphatic rings. The zero-order valence-electron chi connectivity index (χ0n) is 8.61. The van der Waals surface area contributed by atoms with E-state index in [0.717, 1.165) is 17.1 Å². The second kappa shape index (κ2) is 3.50. The maximum atomic E-state index is 5.58. The summed E-state index contributed by atoms with van der Waals surface area (Å²) in [5, 5.41) is 0. The van der Waals surface area contributed by atoms with Crippen LogP contribution in [0, 0.1) is 0 Å². The molecule has 76 valence electrons. The van der Waals surface area contributed by atoms with Crippen molar-refractivity contribution in [1.82, 2.24) is 0 Å². The van der Waals surface area contributed by atoms with Gasteiger partial charge < -0.3 is 14.2 Å². The first-order valence-electron chi connectivity index (χ1n) is 4.71. The van der Waals surface area contributed by atoms with Crippen LogP contribution in [0.15, 0.2) is 18.2 Å². The van der Waals surface area contributed by atoms with E-state index in [2.05, 4.69) is 0 Å². The number of methoxy groups -OCH3 is 1. The summed E-state index contributed by atoms with van der Waals surface area (Å²) in [5.74, 6) is 1.57. The molecule has 0 saturated heterocycles. The highest BCUT2D eigenvalue weighted by molar-refractivity contribution is 5.48.